The summed E-state index contributed by atoms with van der Waals surface area (Å²) in [7, 11) is -2.96. The molecule has 2 aliphatic rings. The second-order valence-corrected chi connectivity index (χ2v) is 8.44. The molecule has 0 saturated carbocycles. The summed E-state index contributed by atoms with van der Waals surface area (Å²) in [5.41, 5.74) is -2.23. The first-order chi connectivity index (χ1) is 12.3. The zero-order chi connectivity index (χ0) is 18.5. The van der Waals surface area contributed by atoms with E-state index in [9.17, 15) is 22.0 Å². The molecule has 2 aliphatic heterocycles. The summed E-state index contributed by atoms with van der Waals surface area (Å²) in [6.07, 6.45) is -4.66. The molecule has 2 aromatic rings. The highest BCUT2D eigenvalue weighted by Crippen LogP contribution is 2.67. The summed E-state index contributed by atoms with van der Waals surface area (Å²) in [4.78, 5) is 0. The molecule has 2 nitrogen and oxygen atoms in total. The van der Waals surface area contributed by atoms with Crippen molar-refractivity contribution in [3.8, 4) is 0 Å². The van der Waals surface area contributed by atoms with Crippen molar-refractivity contribution in [3.05, 3.63) is 59.7 Å². The van der Waals surface area contributed by atoms with E-state index in [1.165, 1.54) is 9.34 Å². The van der Waals surface area contributed by atoms with Crippen molar-refractivity contribution >= 4 is 19.6 Å². The molecule has 138 valence electrons. The lowest BCUT2D eigenvalue weighted by atomic mass is 10.2. The smallest absolute Gasteiger partial charge is 0.328 e. The highest BCUT2D eigenvalue weighted by molar-refractivity contribution is 7.62. The number of hydrogen-bond donors (Lipinski definition) is 0. The van der Waals surface area contributed by atoms with Gasteiger partial charge in [-0.3, -0.25) is 0 Å². The monoisotopic (exact) mass is 386 g/mol. The van der Waals surface area contributed by atoms with Gasteiger partial charge in [-0.1, -0.05) is 36.4 Å². The van der Waals surface area contributed by atoms with Crippen molar-refractivity contribution in [1.29, 1.82) is 0 Å². The standard InChI is InChI=1S/C18H16F5N2P/c19-17(20,21)18(22,23)26(24-11-9-13-5-1-3-7-15(13)24)25-12-10-14-6-2-4-8-16(14)25/h1-8H,9-12H2. The molecule has 0 fully saturated rings. The number of anilines is 2. The second kappa shape index (κ2) is 6.08. The summed E-state index contributed by atoms with van der Waals surface area (Å²) in [5, 5.41) is 0. The van der Waals surface area contributed by atoms with Gasteiger partial charge in [0.2, 0.25) is 0 Å². The van der Waals surface area contributed by atoms with Gasteiger partial charge in [-0.05, 0) is 36.1 Å². The molecule has 2 aromatic carbocycles. The first kappa shape index (κ1) is 17.5. The zero-order valence-corrected chi connectivity index (χ0v) is 14.6. The van der Waals surface area contributed by atoms with E-state index in [0.29, 0.717) is 24.2 Å². The minimum Gasteiger partial charge on any atom is -0.328 e. The molecule has 0 atom stereocenters. The maximum absolute atomic E-state index is 14.7. The fourth-order valence-corrected chi connectivity index (χ4v) is 6.05. The topological polar surface area (TPSA) is 6.48 Å². The first-order valence-corrected chi connectivity index (χ1v) is 9.51. The van der Waals surface area contributed by atoms with Gasteiger partial charge in [-0.25, -0.2) is 0 Å². The summed E-state index contributed by atoms with van der Waals surface area (Å²) >= 11 is 0. The molecule has 0 aromatic heterocycles. The number of fused-ring (bicyclic) bond motifs is 2. The number of halogens is 5. The minimum absolute atomic E-state index is 0.162. The highest BCUT2D eigenvalue weighted by atomic mass is 31.1. The van der Waals surface area contributed by atoms with Gasteiger partial charge in [-0.15, -0.1) is 0 Å². The number of nitrogens with zero attached hydrogens (tertiary/aromatic N) is 2. The molecule has 4 rings (SSSR count). The Morgan fingerprint density at radius 1 is 0.692 bits per heavy atom. The third-order valence-corrected chi connectivity index (χ3v) is 7.28. The molecule has 0 aliphatic carbocycles. The van der Waals surface area contributed by atoms with Crippen LogP contribution in [0.15, 0.2) is 48.5 Å². The number of para-hydroxylation sites is 2. The van der Waals surface area contributed by atoms with Gasteiger partial charge < -0.3 is 9.34 Å². The van der Waals surface area contributed by atoms with Crippen LogP contribution in [0.4, 0.5) is 33.3 Å². The molecular formula is C18H16F5N2P. The molecule has 0 spiro atoms. The average Bonchev–Trinajstić information content (AvgIpc) is 3.20. The summed E-state index contributed by atoms with van der Waals surface area (Å²) < 4.78 is 72.0. The Morgan fingerprint density at radius 2 is 1.12 bits per heavy atom. The van der Waals surface area contributed by atoms with Crippen molar-refractivity contribution in [1.82, 2.24) is 0 Å². The van der Waals surface area contributed by atoms with Crippen LogP contribution in [-0.4, -0.2) is 24.9 Å². The lowest BCUT2D eigenvalue weighted by molar-refractivity contribution is -0.241. The molecule has 26 heavy (non-hydrogen) atoms. The SMILES string of the molecule is FC(F)(F)C(F)(F)P(N1CCc2ccccc21)N1CCc2ccccc21. The Hall–Kier alpha value is -1.88. The van der Waals surface area contributed by atoms with Crippen LogP contribution in [0.3, 0.4) is 0 Å². The van der Waals surface area contributed by atoms with Crippen molar-refractivity contribution in [3.63, 3.8) is 0 Å². The van der Waals surface area contributed by atoms with E-state index >= 15 is 0 Å². The molecule has 8 heteroatoms. The van der Waals surface area contributed by atoms with Crippen LogP contribution < -0.4 is 9.34 Å². The van der Waals surface area contributed by atoms with E-state index in [-0.39, 0.29) is 13.1 Å². The van der Waals surface area contributed by atoms with Crippen LogP contribution in [0.25, 0.3) is 0 Å². The van der Waals surface area contributed by atoms with Gasteiger partial charge >= 0.3 is 11.8 Å². The lowest BCUT2D eigenvalue weighted by Gasteiger charge is -2.42. The van der Waals surface area contributed by atoms with E-state index in [4.69, 9.17) is 0 Å². The Balaban J connectivity index is 1.82. The fourth-order valence-electron chi connectivity index (χ4n) is 3.58. The Morgan fingerprint density at radius 3 is 1.54 bits per heavy atom. The Kier molecular flexibility index (Phi) is 4.10. The second-order valence-electron chi connectivity index (χ2n) is 6.33. The van der Waals surface area contributed by atoms with Crippen LogP contribution in [-0.2, 0) is 12.8 Å². The average molecular weight is 386 g/mol. The predicted molar refractivity (Wildman–Crippen MR) is 92.9 cm³/mol. The Labute approximate surface area is 149 Å². The predicted octanol–water partition coefficient (Wildman–Crippen LogP) is 5.58. The number of rotatable bonds is 3. The van der Waals surface area contributed by atoms with Gasteiger partial charge in [0.25, 0.3) is 0 Å². The number of benzene rings is 2. The number of hydrogen-bond acceptors (Lipinski definition) is 2. The fraction of sp³-hybridized carbons (Fsp3) is 0.333. The molecule has 0 radical (unpaired) electrons. The van der Waals surface area contributed by atoms with Crippen LogP contribution in [0, 0.1) is 0 Å². The van der Waals surface area contributed by atoms with Crippen LogP contribution in [0.5, 0.6) is 0 Å². The summed E-state index contributed by atoms with van der Waals surface area (Å²) in [6, 6.07) is 13.7. The van der Waals surface area contributed by atoms with E-state index in [0.717, 1.165) is 11.1 Å². The third-order valence-electron chi connectivity index (χ3n) is 4.77. The minimum atomic E-state index is -5.60. The van der Waals surface area contributed by atoms with Crippen molar-refractivity contribution in [2.75, 3.05) is 22.4 Å². The molecule has 0 saturated heterocycles. The molecule has 0 amide bonds. The highest BCUT2D eigenvalue weighted by Gasteiger charge is 2.67. The first-order valence-electron chi connectivity index (χ1n) is 8.26. The van der Waals surface area contributed by atoms with Crippen LogP contribution in [0.1, 0.15) is 11.1 Å². The molecule has 0 bridgehead atoms. The van der Waals surface area contributed by atoms with Crippen molar-refractivity contribution in [2.24, 2.45) is 0 Å². The van der Waals surface area contributed by atoms with Gasteiger partial charge in [-0.2, -0.15) is 22.0 Å². The zero-order valence-electron chi connectivity index (χ0n) is 13.7. The normalized spacial score (nSPS) is 17.0. The van der Waals surface area contributed by atoms with Gasteiger partial charge in [0.1, 0.15) is 0 Å². The summed E-state index contributed by atoms with van der Waals surface area (Å²) in [6.45, 7) is 0.324. The number of alkyl halides is 5. The van der Waals surface area contributed by atoms with E-state index in [1.807, 2.05) is 0 Å². The molecule has 0 N–H and O–H groups in total. The Bertz CT molecular complexity index is 768. The maximum Gasteiger partial charge on any atom is 0.461 e. The summed E-state index contributed by atoms with van der Waals surface area (Å²) in [5.74, 6) is 0. The van der Waals surface area contributed by atoms with E-state index in [1.54, 1.807) is 48.5 Å². The quantitative estimate of drug-likeness (QED) is 0.502. The van der Waals surface area contributed by atoms with Crippen molar-refractivity contribution in [2.45, 2.75) is 24.7 Å². The molecule has 2 heterocycles. The lowest BCUT2D eigenvalue weighted by Crippen LogP contribution is -2.44. The van der Waals surface area contributed by atoms with E-state index < -0.39 is 20.1 Å². The van der Waals surface area contributed by atoms with Crippen molar-refractivity contribution < 1.29 is 22.0 Å². The third kappa shape index (κ3) is 2.64. The van der Waals surface area contributed by atoms with Crippen LogP contribution >= 0.6 is 8.22 Å². The van der Waals surface area contributed by atoms with Gasteiger partial charge in [0, 0.05) is 24.5 Å². The van der Waals surface area contributed by atoms with Gasteiger partial charge in [0.15, 0.2) is 8.22 Å². The molecule has 0 unspecified atom stereocenters. The van der Waals surface area contributed by atoms with Gasteiger partial charge in [0.05, 0.1) is 0 Å². The molecular weight excluding hydrogens is 370 g/mol. The van der Waals surface area contributed by atoms with E-state index in [2.05, 4.69) is 0 Å². The van der Waals surface area contributed by atoms with Crippen LogP contribution in [0.2, 0.25) is 0 Å². The largest absolute Gasteiger partial charge is 0.461 e. The maximum atomic E-state index is 14.7.